The number of benzene rings is 2. The predicted molar refractivity (Wildman–Crippen MR) is 101 cm³/mol. The van der Waals surface area contributed by atoms with Crippen LogP contribution in [0, 0.1) is 0 Å². The maximum atomic E-state index is 6.32. The summed E-state index contributed by atoms with van der Waals surface area (Å²) >= 11 is 7.83. The average molecular weight is 371 g/mol. The van der Waals surface area contributed by atoms with Gasteiger partial charge in [0.15, 0.2) is 5.82 Å². The summed E-state index contributed by atoms with van der Waals surface area (Å²) in [4.78, 5) is 0. The quantitative estimate of drug-likeness (QED) is 0.724. The smallest absolute Gasteiger partial charge is 0.214 e. The Morgan fingerprint density at radius 2 is 2.04 bits per heavy atom. The number of rotatable bonds is 4. The van der Waals surface area contributed by atoms with Gasteiger partial charge in [-0.05, 0) is 25.1 Å². The third-order valence-corrected chi connectivity index (χ3v) is 4.87. The highest BCUT2D eigenvalue weighted by molar-refractivity contribution is 8.02. The number of fused-ring (bicyclic) bond motifs is 1. The van der Waals surface area contributed by atoms with Gasteiger partial charge in [-0.25, -0.2) is 4.68 Å². The zero-order valence-electron chi connectivity index (χ0n) is 13.4. The van der Waals surface area contributed by atoms with E-state index in [0.717, 1.165) is 33.6 Å². The largest absolute Gasteiger partial charge is 0.494 e. The molecule has 5 nitrogen and oxygen atoms in total. The van der Waals surface area contributed by atoms with E-state index in [1.165, 1.54) is 11.8 Å². The van der Waals surface area contributed by atoms with Gasteiger partial charge in [-0.15, -0.1) is 10.2 Å². The number of hydrogen-bond donors (Lipinski definition) is 1. The van der Waals surface area contributed by atoms with E-state index in [1.807, 2.05) is 65.5 Å². The summed E-state index contributed by atoms with van der Waals surface area (Å²) in [5.74, 6) is 1.53. The second-order valence-electron chi connectivity index (χ2n) is 5.34. The fraction of sp³-hybridized carbons (Fsp3) is 0.111. The van der Waals surface area contributed by atoms with Crippen molar-refractivity contribution in [1.82, 2.24) is 14.9 Å². The van der Waals surface area contributed by atoms with E-state index in [-0.39, 0.29) is 0 Å². The number of halogens is 1. The molecule has 0 unspecified atom stereocenters. The molecule has 0 saturated heterocycles. The average Bonchev–Trinajstić information content (AvgIpc) is 3.06. The van der Waals surface area contributed by atoms with Gasteiger partial charge in [-0.2, -0.15) is 0 Å². The lowest BCUT2D eigenvalue weighted by molar-refractivity contribution is 0.340. The third kappa shape index (κ3) is 3.10. The second-order valence-corrected chi connectivity index (χ2v) is 6.59. The van der Waals surface area contributed by atoms with Gasteiger partial charge in [0, 0.05) is 21.6 Å². The first kappa shape index (κ1) is 16.1. The molecule has 0 fully saturated rings. The monoisotopic (exact) mass is 370 g/mol. The molecule has 0 aliphatic carbocycles. The Morgan fingerprint density at radius 3 is 2.88 bits per heavy atom. The van der Waals surface area contributed by atoms with Gasteiger partial charge < -0.3 is 4.74 Å². The zero-order valence-corrected chi connectivity index (χ0v) is 15.0. The van der Waals surface area contributed by atoms with Crippen molar-refractivity contribution in [3.8, 4) is 17.1 Å². The van der Waals surface area contributed by atoms with Crippen molar-refractivity contribution >= 4 is 29.1 Å². The van der Waals surface area contributed by atoms with Crippen molar-refractivity contribution in [3.05, 3.63) is 64.5 Å². The van der Waals surface area contributed by atoms with Crippen LogP contribution in [0.15, 0.2) is 59.1 Å². The van der Waals surface area contributed by atoms with E-state index in [1.54, 1.807) is 0 Å². The van der Waals surface area contributed by atoms with E-state index < -0.39 is 0 Å². The molecule has 3 aromatic rings. The Bertz CT molecular complexity index is 954. The maximum absolute atomic E-state index is 6.32. The minimum Gasteiger partial charge on any atom is -0.494 e. The summed E-state index contributed by atoms with van der Waals surface area (Å²) in [6.45, 7) is 2.58. The van der Waals surface area contributed by atoms with Gasteiger partial charge in [0.2, 0.25) is 5.16 Å². The summed E-state index contributed by atoms with van der Waals surface area (Å²) in [5, 5.41) is 12.0. The lowest BCUT2D eigenvalue weighted by Crippen LogP contribution is -2.18. The van der Waals surface area contributed by atoms with E-state index in [4.69, 9.17) is 16.3 Å². The lowest BCUT2D eigenvalue weighted by atomic mass is 10.2. The Kier molecular flexibility index (Phi) is 4.38. The van der Waals surface area contributed by atoms with Gasteiger partial charge in [-0.1, -0.05) is 53.7 Å². The van der Waals surface area contributed by atoms with Gasteiger partial charge in [0.05, 0.1) is 12.3 Å². The first-order chi connectivity index (χ1) is 12.3. The molecule has 1 N–H and O–H groups in total. The van der Waals surface area contributed by atoms with E-state index >= 15 is 0 Å². The predicted octanol–water partition coefficient (Wildman–Crippen LogP) is 4.65. The third-order valence-electron chi connectivity index (χ3n) is 3.72. The molecule has 0 bridgehead atoms. The zero-order chi connectivity index (χ0) is 17.2. The molecule has 0 atom stereocenters. The molecule has 2 aromatic carbocycles. The van der Waals surface area contributed by atoms with Crippen LogP contribution in [0.2, 0.25) is 5.02 Å². The van der Waals surface area contributed by atoms with E-state index in [0.29, 0.717) is 11.6 Å². The minimum absolute atomic E-state index is 0.620. The van der Waals surface area contributed by atoms with Crippen LogP contribution in [0.5, 0.6) is 5.75 Å². The maximum Gasteiger partial charge on any atom is 0.214 e. The van der Waals surface area contributed by atoms with Crippen LogP contribution in [-0.2, 0) is 0 Å². The Morgan fingerprint density at radius 1 is 1.16 bits per heavy atom. The van der Waals surface area contributed by atoms with Crippen LogP contribution >= 0.6 is 23.4 Å². The Labute approximate surface area is 154 Å². The highest BCUT2D eigenvalue weighted by Gasteiger charge is 2.20. The van der Waals surface area contributed by atoms with Gasteiger partial charge in [0.1, 0.15) is 5.75 Å². The first-order valence-corrected chi connectivity index (χ1v) is 9.09. The van der Waals surface area contributed by atoms with Crippen LogP contribution in [0.4, 0.5) is 0 Å². The Hall–Kier alpha value is -2.44. The highest BCUT2D eigenvalue weighted by atomic mass is 35.5. The first-order valence-electron chi connectivity index (χ1n) is 7.83. The number of ether oxygens (including phenoxy) is 1. The second kappa shape index (κ2) is 6.82. The fourth-order valence-corrected chi connectivity index (χ4v) is 3.55. The standard InChI is InChI=1S/C18H15ClN4OS/c1-2-24-13-7-5-6-12(10-13)17-20-21-18-23(17)22-16(11-25-18)14-8-3-4-9-15(14)19/h3-11,22H,2H2,1H3. The number of hydrogen-bond acceptors (Lipinski definition) is 5. The summed E-state index contributed by atoms with van der Waals surface area (Å²) in [6, 6.07) is 15.5. The number of nitrogens with zero attached hydrogens (tertiary/aromatic N) is 3. The van der Waals surface area contributed by atoms with Gasteiger partial charge in [-0.3, -0.25) is 5.43 Å². The van der Waals surface area contributed by atoms with Crippen molar-refractivity contribution in [1.29, 1.82) is 0 Å². The summed E-state index contributed by atoms with van der Waals surface area (Å²) < 4.78 is 7.45. The lowest BCUT2D eigenvalue weighted by Gasteiger charge is -2.19. The topological polar surface area (TPSA) is 52.0 Å². The molecule has 126 valence electrons. The van der Waals surface area contributed by atoms with Crippen LogP contribution in [0.3, 0.4) is 0 Å². The summed E-state index contributed by atoms with van der Waals surface area (Å²) in [7, 11) is 0. The fourth-order valence-electron chi connectivity index (χ4n) is 2.59. The summed E-state index contributed by atoms with van der Waals surface area (Å²) in [6.07, 6.45) is 0. The van der Waals surface area contributed by atoms with Gasteiger partial charge in [0.25, 0.3) is 0 Å². The number of nitrogens with one attached hydrogen (secondary N) is 1. The molecule has 0 spiro atoms. The van der Waals surface area contributed by atoms with Crippen molar-refractivity contribution < 1.29 is 4.74 Å². The van der Waals surface area contributed by atoms with Crippen molar-refractivity contribution in [3.63, 3.8) is 0 Å². The molecule has 0 radical (unpaired) electrons. The molecule has 1 aromatic heterocycles. The summed E-state index contributed by atoms with van der Waals surface area (Å²) in [5.41, 5.74) is 6.13. The molecule has 7 heteroatoms. The number of aromatic nitrogens is 3. The van der Waals surface area contributed by atoms with Crippen LogP contribution in [0.25, 0.3) is 17.1 Å². The minimum atomic E-state index is 0.620. The SMILES string of the molecule is CCOc1cccc(-c2nnc3n2NC(c2ccccc2Cl)=CS3)c1. The molecule has 25 heavy (non-hydrogen) atoms. The molecule has 4 rings (SSSR count). The van der Waals surface area contributed by atoms with Gasteiger partial charge >= 0.3 is 0 Å². The number of thioether (sulfide) groups is 1. The van der Waals surface area contributed by atoms with Crippen LogP contribution in [-0.4, -0.2) is 21.5 Å². The Balaban J connectivity index is 1.70. The van der Waals surface area contributed by atoms with Crippen molar-refractivity contribution in [2.45, 2.75) is 12.1 Å². The van der Waals surface area contributed by atoms with Crippen LogP contribution in [0.1, 0.15) is 12.5 Å². The molecular formula is C18H15ClN4OS. The highest BCUT2D eigenvalue weighted by Crippen LogP contribution is 2.34. The van der Waals surface area contributed by atoms with Crippen LogP contribution < -0.4 is 10.2 Å². The molecule has 1 aliphatic heterocycles. The molecular weight excluding hydrogens is 356 g/mol. The van der Waals surface area contributed by atoms with E-state index in [9.17, 15) is 0 Å². The molecule has 0 amide bonds. The van der Waals surface area contributed by atoms with E-state index in [2.05, 4.69) is 15.6 Å². The van der Waals surface area contributed by atoms with Crippen molar-refractivity contribution in [2.75, 3.05) is 12.0 Å². The van der Waals surface area contributed by atoms with Crippen molar-refractivity contribution in [2.24, 2.45) is 0 Å². The molecule has 1 aliphatic rings. The normalized spacial score (nSPS) is 13.0. The molecule has 2 heterocycles. The molecule has 0 saturated carbocycles.